The van der Waals surface area contributed by atoms with Crippen LogP contribution >= 0.6 is 0 Å². The van der Waals surface area contributed by atoms with Gasteiger partial charge in [-0.2, -0.15) is 0 Å². The summed E-state index contributed by atoms with van der Waals surface area (Å²) in [5.41, 5.74) is 1.08. The second-order valence-corrected chi connectivity index (χ2v) is 3.51. The fourth-order valence-corrected chi connectivity index (χ4v) is 1.61. The number of carbonyl (C=O) groups excluding carboxylic acids is 1. The largest absolute Gasteiger partial charge is 0.496 e. The highest BCUT2D eigenvalue weighted by Gasteiger charge is 2.18. The molecule has 0 radical (unpaired) electrons. The maximum atomic E-state index is 10.8. The van der Waals surface area contributed by atoms with E-state index >= 15 is 0 Å². The molecule has 0 saturated carbocycles. The van der Waals surface area contributed by atoms with Crippen LogP contribution in [0.4, 0.5) is 0 Å². The number of aldehydes is 1. The molecule has 2 rings (SSSR count). The molecule has 17 heavy (non-hydrogen) atoms. The van der Waals surface area contributed by atoms with Crippen molar-refractivity contribution in [2.45, 2.75) is 0 Å². The first-order valence-corrected chi connectivity index (χ1v) is 4.89. The highest BCUT2D eigenvalue weighted by molar-refractivity contribution is 5.94. The van der Waals surface area contributed by atoms with Gasteiger partial charge in [-0.1, -0.05) is 0 Å². The summed E-state index contributed by atoms with van der Waals surface area (Å²) in [5, 5.41) is 8.85. The van der Waals surface area contributed by atoms with Crippen molar-refractivity contribution in [1.29, 1.82) is 0 Å². The Hall–Kier alpha value is -2.30. The Bertz CT molecular complexity index is 516. The first-order chi connectivity index (χ1) is 8.15. The monoisotopic (exact) mass is 234 g/mol. The number of ether oxygens (including phenoxy) is 2. The predicted molar refractivity (Wildman–Crippen MR) is 59.5 cm³/mol. The Labute approximate surface area is 97.3 Å². The maximum absolute atomic E-state index is 10.8. The molecule has 1 aromatic rings. The van der Waals surface area contributed by atoms with Gasteiger partial charge in [-0.15, -0.1) is 0 Å². The molecular formula is C12H10O5. The fourth-order valence-electron chi connectivity index (χ4n) is 1.61. The summed E-state index contributed by atoms with van der Waals surface area (Å²) in [5.74, 6) is -0.109. The SMILES string of the molecule is COc1cc2c(cc1C=O)C=C(C(=O)O)CO2. The first-order valence-electron chi connectivity index (χ1n) is 4.89. The van der Waals surface area contributed by atoms with E-state index in [1.54, 1.807) is 12.1 Å². The topological polar surface area (TPSA) is 72.8 Å². The fraction of sp³-hybridized carbons (Fsp3) is 0.167. The van der Waals surface area contributed by atoms with Crippen LogP contribution in [0.2, 0.25) is 0 Å². The number of carboxylic acids is 1. The zero-order valence-electron chi connectivity index (χ0n) is 9.10. The maximum Gasteiger partial charge on any atom is 0.335 e. The molecule has 0 spiro atoms. The lowest BCUT2D eigenvalue weighted by Gasteiger charge is -2.17. The minimum Gasteiger partial charge on any atom is -0.496 e. The van der Waals surface area contributed by atoms with Crippen LogP contribution in [0.1, 0.15) is 15.9 Å². The molecule has 0 unspecified atom stereocenters. The first kappa shape index (κ1) is 11.2. The minimum absolute atomic E-state index is 0.00588. The molecule has 0 saturated heterocycles. The standard InChI is InChI=1S/C12H10O5/c1-16-10-4-11-7(2-8(10)5-13)3-9(6-17-11)12(14)15/h2-5H,6H2,1H3,(H,14,15). The Morgan fingerprint density at radius 2 is 2.29 bits per heavy atom. The van der Waals surface area contributed by atoms with Gasteiger partial charge in [0.15, 0.2) is 6.29 Å². The smallest absolute Gasteiger partial charge is 0.335 e. The van der Waals surface area contributed by atoms with Gasteiger partial charge in [-0.3, -0.25) is 4.79 Å². The summed E-state index contributed by atoms with van der Waals surface area (Å²) in [4.78, 5) is 21.6. The molecule has 1 heterocycles. The van der Waals surface area contributed by atoms with Gasteiger partial charge in [0.05, 0.1) is 18.2 Å². The Morgan fingerprint density at radius 1 is 1.53 bits per heavy atom. The molecule has 5 heteroatoms. The Kier molecular flexibility index (Phi) is 2.82. The normalized spacial score (nSPS) is 13.1. The van der Waals surface area contributed by atoms with Gasteiger partial charge in [-0.05, 0) is 12.1 Å². The van der Waals surface area contributed by atoms with Crippen molar-refractivity contribution in [2.75, 3.05) is 13.7 Å². The summed E-state index contributed by atoms with van der Waals surface area (Å²) >= 11 is 0. The van der Waals surface area contributed by atoms with Gasteiger partial charge in [-0.25, -0.2) is 4.79 Å². The average molecular weight is 234 g/mol. The van der Waals surface area contributed by atoms with Crippen LogP contribution in [0.5, 0.6) is 11.5 Å². The third-order valence-corrected chi connectivity index (χ3v) is 2.48. The van der Waals surface area contributed by atoms with Crippen molar-refractivity contribution >= 4 is 18.3 Å². The van der Waals surface area contributed by atoms with Crippen molar-refractivity contribution in [3.63, 3.8) is 0 Å². The number of hydrogen-bond donors (Lipinski definition) is 1. The van der Waals surface area contributed by atoms with Crippen molar-refractivity contribution in [1.82, 2.24) is 0 Å². The molecule has 0 amide bonds. The number of carbonyl (C=O) groups is 2. The van der Waals surface area contributed by atoms with Gasteiger partial charge < -0.3 is 14.6 Å². The van der Waals surface area contributed by atoms with Crippen molar-refractivity contribution < 1.29 is 24.2 Å². The number of carboxylic acid groups (broad SMARTS) is 1. The van der Waals surface area contributed by atoms with Crippen LogP contribution in [0.25, 0.3) is 6.08 Å². The summed E-state index contributed by atoms with van der Waals surface area (Å²) in [6.07, 6.45) is 2.15. The molecule has 0 atom stereocenters. The van der Waals surface area contributed by atoms with E-state index in [1.807, 2.05) is 0 Å². The zero-order chi connectivity index (χ0) is 12.4. The number of methoxy groups -OCH3 is 1. The number of aliphatic carboxylic acids is 1. The highest BCUT2D eigenvalue weighted by atomic mass is 16.5. The predicted octanol–water partition coefficient (Wildman–Crippen LogP) is 1.37. The van der Waals surface area contributed by atoms with Gasteiger partial charge in [0, 0.05) is 11.6 Å². The number of fused-ring (bicyclic) bond motifs is 1. The molecule has 0 aliphatic carbocycles. The average Bonchev–Trinajstić information content (AvgIpc) is 2.36. The molecule has 0 bridgehead atoms. The quantitative estimate of drug-likeness (QED) is 0.799. The van der Waals surface area contributed by atoms with E-state index in [1.165, 1.54) is 13.2 Å². The van der Waals surface area contributed by atoms with E-state index in [2.05, 4.69) is 0 Å². The van der Waals surface area contributed by atoms with E-state index in [0.717, 1.165) is 0 Å². The van der Waals surface area contributed by atoms with Crippen LogP contribution in [-0.4, -0.2) is 31.1 Å². The lowest BCUT2D eigenvalue weighted by Crippen LogP contribution is -2.14. The van der Waals surface area contributed by atoms with Gasteiger partial charge in [0.1, 0.15) is 18.1 Å². The van der Waals surface area contributed by atoms with E-state index in [4.69, 9.17) is 14.6 Å². The van der Waals surface area contributed by atoms with Gasteiger partial charge >= 0.3 is 5.97 Å². The highest BCUT2D eigenvalue weighted by Crippen LogP contribution is 2.32. The van der Waals surface area contributed by atoms with E-state index < -0.39 is 5.97 Å². The van der Waals surface area contributed by atoms with Crippen LogP contribution < -0.4 is 9.47 Å². The lowest BCUT2D eigenvalue weighted by molar-refractivity contribution is -0.132. The van der Waals surface area contributed by atoms with Crippen LogP contribution in [0.15, 0.2) is 17.7 Å². The van der Waals surface area contributed by atoms with Crippen LogP contribution in [0.3, 0.4) is 0 Å². The van der Waals surface area contributed by atoms with E-state index in [-0.39, 0.29) is 12.2 Å². The summed E-state index contributed by atoms with van der Waals surface area (Å²) in [6.45, 7) is 0.00588. The molecular weight excluding hydrogens is 224 g/mol. The van der Waals surface area contributed by atoms with Crippen molar-refractivity contribution in [3.05, 3.63) is 28.8 Å². The van der Waals surface area contributed by atoms with Gasteiger partial charge in [0.2, 0.25) is 0 Å². The summed E-state index contributed by atoms with van der Waals surface area (Å²) < 4.78 is 10.3. The van der Waals surface area contributed by atoms with Gasteiger partial charge in [0.25, 0.3) is 0 Å². The number of hydrogen-bond acceptors (Lipinski definition) is 4. The van der Waals surface area contributed by atoms with Crippen molar-refractivity contribution in [2.24, 2.45) is 0 Å². The zero-order valence-corrected chi connectivity index (χ0v) is 9.10. The molecule has 1 aliphatic heterocycles. The van der Waals surface area contributed by atoms with E-state index in [9.17, 15) is 9.59 Å². The second kappa shape index (κ2) is 4.29. The minimum atomic E-state index is -1.03. The molecule has 0 aromatic heterocycles. The van der Waals surface area contributed by atoms with Crippen LogP contribution in [-0.2, 0) is 4.79 Å². The number of rotatable bonds is 3. The van der Waals surface area contributed by atoms with Crippen molar-refractivity contribution in [3.8, 4) is 11.5 Å². The molecule has 1 aromatic carbocycles. The third-order valence-electron chi connectivity index (χ3n) is 2.48. The molecule has 5 nitrogen and oxygen atoms in total. The third kappa shape index (κ3) is 1.99. The van der Waals surface area contributed by atoms with Crippen LogP contribution in [0, 0.1) is 0 Å². The number of benzene rings is 1. The van der Waals surface area contributed by atoms with E-state index in [0.29, 0.717) is 28.9 Å². The summed E-state index contributed by atoms with van der Waals surface area (Å²) in [6, 6.07) is 3.12. The molecule has 1 aliphatic rings. The second-order valence-electron chi connectivity index (χ2n) is 3.51. The molecule has 1 N–H and O–H groups in total. The lowest BCUT2D eigenvalue weighted by atomic mass is 10.0. The Balaban J connectivity index is 2.52. The molecule has 0 fully saturated rings. The summed E-state index contributed by atoms with van der Waals surface area (Å²) in [7, 11) is 1.45. The Morgan fingerprint density at radius 3 is 2.88 bits per heavy atom. The molecule has 88 valence electrons.